The van der Waals surface area contributed by atoms with Crippen LogP contribution in [0.25, 0.3) is 5.57 Å². The maximum absolute atomic E-state index is 5.29. The average Bonchev–Trinajstić information content (AvgIpc) is 2.39. The molecular formula is C15H19NO. The smallest absolute Gasteiger partial charge is 0.115 e. The standard InChI is InChI=1S/C15H19NO/c1-16(2)14-8-4-6-12(10-14)13-7-5-9-15(11-13)17-3/h4,6,8-11H,5,7H2,1-3H3. The Morgan fingerprint density at radius 1 is 1.24 bits per heavy atom. The fraction of sp³-hybridized carbons (Fsp3) is 0.333. The third-order valence-corrected chi connectivity index (χ3v) is 3.04. The average molecular weight is 229 g/mol. The fourth-order valence-corrected chi connectivity index (χ4v) is 2.03. The fourth-order valence-electron chi connectivity index (χ4n) is 2.03. The Hall–Kier alpha value is -1.70. The lowest BCUT2D eigenvalue weighted by molar-refractivity contribution is 0.304. The molecule has 0 spiro atoms. The van der Waals surface area contributed by atoms with E-state index in [1.165, 1.54) is 16.8 Å². The maximum Gasteiger partial charge on any atom is 0.115 e. The molecule has 0 saturated heterocycles. The Morgan fingerprint density at radius 2 is 2.06 bits per heavy atom. The van der Waals surface area contributed by atoms with Crippen LogP contribution < -0.4 is 4.90 Å². The van der Waals surface area contributed by atoms with Crippen LogP contribution >= 0.6 is 0 Å². The van der Waals surface area contributed by atoms with Crippen molar-refractivity contribution < 1.29 is 4.74 Å². The largest absolute Gasteiger partial charge is 0.497 e. The molecule has 0 fully saturated rings. The van der Waals surface area contributed by atoms with Gasteiger partial charge in [-0.25, -0.2) is 0 Å². The van der Waals surface area contributed by atoms with Crippen LogP contribution in [0.2, 0.25) is 0 Å². The van der Waals surface area contributed by atoms with Crippen LogP contribution in [-0.2, 0) is 4.74 Å². The van der Waals surface area contributed by atoms with Crippen molar-refractivity contribution in [3.8, 4) is 0 Å². The molecule has 0 radical (unpaired) electrons. The molecule has 2 nitrogen and oxygen atoms in total. The van der Waals surface area contributed by atoms with E-state index in [1.54, 1.807) is 7.11 Å². The molecule has 90 valence electrons. The quantitative estimate of drug-likeness (QED) is 0.787. The molecule has 1 aromatic carbocycles. The van der Waals surface area contributed by atoms with Crippen LogP contribution in [0, 0.1) is 0 Å². The van der Waals surface area contributed by atoms with Gasteiger partial charge in [0.1, 0.15) is 5.76 Å². The van der Waals surface area contributed by atoms with Gasteiger partial charge >= 0.3 is 0 Å². The van der Waals surface area contributed by atoms with E-state index in [0.29, 0.717) is 0 Å². The number of hydrogen-bond donors (Lipinski definition) is 0. The zero-order valence-electron chi connectivity index (χ0n) is 10.7. The van der Waals surface area contributed by atoms with Crippen molar-refractivity contribution in [2.75, 3.05) is 26.1 Å². The minimum Gasteiger partial charge on any atom is -0.497 e. The van der Waals surface area contributed by atoms with Gasteiger partial charge < -0.3 is 9.64 Å². The first kappa shape index (κ1) is 11.8. The molecule has 0 bridgehead atoms. The van der Waals surface area contributed by atoms with Crippen molar-refractivity contribution in [1.29, 1.82) is 0 Å². The summed E-state index contributed by atoms with van der Waals surface area (Å²) in [5, 5.41) is 0. The summed E-state index contributed by atoms with van der Waals surface area (Å²) in [5.41, 5.74) is 3.88. The van der Waals surface area contributed by atoms with Gasteiger partial charge in [-0.15, -0.1) is 0 Å². The normalized spacial score (nSPS) is 15.0. The van der Waals surface area contributed by atoms with Gasteiger partial charge in [0, 0.05) is 19.8 Å². The Labute approximate surface area is 103 Å². The minimum atomic E-state index is 0.974. The topological polar surface area (TPSA) is 12.5 Å². The molecule has 2 rings (SSSR count). The second kappa shape index (κ2) is 5.09. The van der Waals surface area contributed by atoms with Crippen molar-refractivity contribution in [2.45, 2.75) is 12.8 Å². The van der Waals surface area contributed by atoms with Crippen LogP contribution in [0.1, 0.15) is 18.4 Å². The lowest BCUT2D eigenvalue weighted by atomic mass is 9.96. The second-order valence-electron chi connectivity index (χ2n) is 4.46. The predicted octanol–water partition coefficient (Wildman–Crippen LogP) is 3.46. The van der Waals surface area contributed by atoms with Crippen molar-refractivity contribution >= 4 is 11.3 Å². The molecule has 0 unspecified atom stereocenters. The number of benzene rings is 1. The summed E-state index contributed by atoms with van der Waals surface area (Å²) in [6.07, 6.45) is 6.42. The number of ether oxygens (including phenoxy) is 1. The van der Waals surface area contributed by atoms with Crippen LogP contribution in [0.5, 0.6) is 0 Å². The SMILES string of the molecule is COC1=CCCC(c2cccc(N(C)C)c2)=C1. The highest BCUT2D eigenvalue weighted by atomic mass is 16.5. The van der Waals surface area contributed by atoms with E-state index in [4.69, 9.17) is 4.74 Å². The van der Waals surface area contributed by atoms with Crippen molar-refractivity contribution in [3.63, 3.8) is 0 Å². The summed E-state index contributed by atoms with van der Waals surface area (Å²) in [7, 11) is 5.85. The molecule has 0 atom stereocenters. The third kappa shape index (κ3) is 2.70. The van der Waals surface area contributed by atoms with Gasteiger partial charge in [0.25, 0.3) is 0 Å². The molecule has 0 N–H and O–H groups in total. The van der Waals surface area contributed by atoms with E-state index in [2.05, 4.69) is 55.4 Å². The Balaban J connectivity index is 2.31. The van der Waals surface area contributed by atoms with Gasteiger partial charge in [0.15, 0.2) is 0 Å². The van der Waals surface area contributed by atoms with E-state index >= 15 is 0 Å². The van der Waals surface area contributed by atoms with E-state index in [0.717, 1.165) is 18.6 Å². The molecule has 0 aromatic heterocycles. The summed E-state index contributed by atoms with van der Waals surface area (Å²) < 4.78 is 5.29. The van der Waals surface area contributed by atoms with Gasteiger partial charge in [-0.05, 0) is 48.3 Å². The summed E-state index contributed by atoms with van der Waals surface area (Å²) in [5.74, 6) is 0.974. The van der Waals surface area contributed by atoms with Gasteiger partial charge in [-0.3, -0.25) is 0 Å². The van der Waals surface area contributed by atoms with E-state index < -0.39 is 0 Å². The molecular weight excluding hydrogens is 210 g/mol. The molecule has 0 aliphatic heterocycles. The highest BCUT2D eigenvalue weighted by Crippen LogP contribution is 2.28. The monoisotopic (exact) mass is 229 g/mol. The summed E-state index contributed by atoms with van der Waals surface area (Å²) in [6.45, 7) is 0. The Morgan fingerprint density at radius 3 is 2.76 bits per heavy atom. The lowest BCUT2D eigenvalue weighted by Gasteiger charge is -2.17. The van der Waals surface area contributed by atoms with Crippen LogP contribution in [-0.4, -0.2) is 21.2 Å². The van der Waals surface area contributed by atoms with Crippen molar-refractivity contribution in [2.24, 2.45) is 0 Å². The van der Waals surface area contributed by atoms with Crippen LogP contribution in [0.15, 0.2) is 42.2 Å². The second-order valence-corrected chi connectivity index (χ2v) is 4.46. The van der Waals surface area contributed by atoms with E-state index in [-0.39, 0.29) is 0 Å². The number of rotatable bonds is 3. The number of allylic oxidation sites excluding steroid dienone is 3. The number of hydrogen-bond acceptors (Lipinski definition) is 2. The molecule has 1 aromatic rings. The Bertz CT molecular complexity index is 458. The highest BCUT2D eigenvalue weighted by Gasteiger charge is 2.08. The zero-order valence-corrected chi connectivity index (χ0v) is 10.7. The molecule has 2 heteroatoms. The first-order valence-corrected chi connectivity index (χ1v) is 5.93. The first-order valence-electron chi connectivity index (χ1n) is 5.93. The molecule has 1 aliphatic carbocycles. The van der Waals surface area contributed by atoms with Crippen LogP contribution in [0.4, 0.5) is 5.69 Å². The molecule has 17 heavy (non-hydrogen) atoms. The minimum absolute atomic E-state index is 0.974. The zero-order chi connectivity index (χ0) is 12.3. The lowest BCUT2D eigenvalue weighted by Crippen LogP contribution is -2.08. The van der Waals surface area contributed by atoms with E-state index in [1.807, 2.05) is 0 Å². The van der Waals surface area contributed by atoms with E-state index in [9.17, 15) is 0 Å². The molecule has 0 saturated carbocycles. The molecule has 0 amide bonds. The third-order valence-electron chi connectivity index (χ3n) is 3.04. The van der Waals surface area contributed by atoms with Crippen LogP contribution in [0.3, 0.4) is 0 Å². The van der Waals surface area contributed by atoms with Gasteiger partial charge in [0.05, 0.1) is 7.11 Å². The molecule has 0 heterocycles. The number of nitrogens with zero attached hydrogens (tertiary/aromatic N) is 1. The predicted molar refractivity (Wildman–Crippen MR) is 73.1 cm³/mol. The van der Waals surface area contributed by atoms with Gasteiger partial charge in [0.2, 0.25) is 0 Å². The van der Waals surface area contributed by atoms with Gasteiger partial charge in [-0.1, -0.05) is 12.1 Å². The summed E-state index contributed by atoms with van der Waals surface area (Å²) >= 11 is 0. The number of methoxy groups -OCH3 is 1. The van der Waals surface area contributed by atoms with Crippen molar-refractivity contribution in [3.05, 3.63) is 47.7 Å². The maximum atomic E-state index is 5.29. The Kier molecular flexibility index (Phi) is 3.52. The summed E-state index contributed by atoms with van der Waals surface area (Å²) in [4.78, 5) is 2.12. The first-order chi connectivity index (χ1) is 8.20. The molecule has 1 aliphatic rings. The van der Waals surface area contributed by atoms with Crippen molar-refractivity contribution in [1.82, 2.24) is 0 Å². The highest BCUT2D eigenvalue weighted by molar-refractivity contribution is 5.71. The number of anilines is 1. The van der Waals surface area contributed by atoms with Gasteiger partial charge in [-0.2, -0.15) is 0 Å². The summed E-state index contributed by atoms with van der Waals surface area (Å²) in [6, 6.07) is 8.62.